The maximum Gasteiger partial charge on any atom is 0.336 e. The van der Waals surface area contributed by atoms with Crippen molar-refractivity contribution in [1.29, 1.82) is 0 Å². The molecule has 6 atom stereocenters. The summed E-state index contributed by atoms with van der Waals surface area (Å²) in [6, 6.07) is 0. The zero-order valence-electron chi connectivity index (χ0n) is 23.4. The summed E-state index contributed by atoms with van der Waals surface area (Å²) in [6.07, 6.45) is 4.92. The summed E-state index contributed by atoms with van der Waals surface area (Å²) in [5.41, 5.74) is 2.73. The Hall–Kier alpha value is -0.953. The van der Waals surface area contributed by atoms with Gasteiger partial charge in [0.05, 0.1) is 11.7 Å². The summed E-state index contributed by atoms with van der Waals surface area (Å²) >= 11 is 0. The highest BCUT2D eigenvalue weighted by molar-refractivity contribution is 6.77. The van der Waals surface area contributed by atoms with E-state index in [1.54, 1.807) is 0 Å². The third-order valence-electron chi connectivity index (χ3n) is 10.2. The summed E-state index contributed by atoms with van der Waals surface area (Å²) in [6.45, 7) is 23.6. The van der Waals surface area contributed by atoms with Crippen LogP contribution in [-0.2, 0) is 14.0 Å². The fourth-order valence-corrected chi connectivity index (χ4v) is 13.9. The van der Waals surface area contributed by atoms with E-state index >= 15 is 0 Å². The number of rotatable bonds is 8. The van der Waals surface area contributed by atoms with Crippen molar-refractivity contribution in [3.63, 3.8) is 0 Å². The minimum atomic E-state index is -2.07. The zero-order chi connectivity index (χ0) is 26.3. The lowest BCUT2D eigenvalue weighted by molar-refractivity contribution is -0.149. The van der Waals surface area contributed by atoms with Crippen molar-refractivity contribution in [1.82, 2.24) is 0 Å². The van der Waals surface area contributed by atoms with Crippen LogP contribution in [-0.4, -0.2) is 49.9 Å². The highest BCUT2D eigenvalue weighted by Crippen LogP contribution is 2.62. The van der Waals surface area contributed by atoms with Crippen molar-refractivity contribution in [2.45, 2.75) is 116 Å². The Morgan fingerprint density at radius 3 is 2.23 bits per heavy atom. The molecule has 1 saturated heterocycles. The smallest absolute Gasteiger partial charge is 0.336 e. The first-order chi connectivity index (χ1) is 16.2. The number of ether oxygens (including phenoxy) is 1. The van der Waals surface area contributed by atoms with Crippen LogP contribution in [0.5, 0.6) is 0 Å². The van der Waals surface area contributed by atoms with Gasteiger partial charge in [-0.15, -0.1) is 0 Å². The molecule has 2 aliphatic carbocycles. The van der Waals surface area contributed by atoms with Crippen LogP contribution in [0.25, 0.3) is 0 Å². The van der Waals surface area contributed by atoms with E-state index in [1.807, 2.05) is 6.08 Å². The standard InChI is InChI=1S/C29H50O5Si/c1-18(2)35(19(3)4,20(5)6)34-17-29(9)25-13-10-21(7)23(28(25,8)15-14-26(29)31)12-11-22-24(30)16-33-27(22)32/h11,18-20,23-26,30-31H,7,10,12-17H2,1-6,8-9H3/b22-11+/t23-,24-,25?,26-,28+,29+/m1/s1. The van der Waals surface area contributed by atoms with Gasteiger partial charge in [0.2, 0.25) is 0 Å². The Labute approximate surface area is 214 Å². The predicted molar refractivity (Wildman–Crippen MR) is 143 cm³/mol. The molecule has 0 bridgehead atoms. The van der Waals surface area contributed by atoms with Gasteiger partial charge in [-0.05, 0) is 66.0 Å². The normalized spacial score (nSPS) is 37.5. The Morgan fingerprint density at radius 2 is 1.71 bits per heavy atom. The first-order valence-corrected chi connectivity index (χ1v) is 15.9. The van der Waals surface area contributed by atoms with E-state index < -0.39 is 26.5 Å². The Bertz CT molecular complexity index is 811. The van der Waals surface area contributed by atoms with E-state index in [1.165, 1.54) is 5.57 Å². The first kappa shape index (κ1) is 28.6. The molecule has 0 aromatic carbocycles. The molecule has 2 N–H and O–H groups in total. The van der Waals surface area contributed by atoms with Crippen LogP contribution in [0, 0.1) is 22.7 Å². The minimum absolute atomic E-state index is 0.0466. The SMILES string of the molecule is C=C1CCC2[C@](C)(CO[Si](C(C)C)(C(C)C)C(C)C)[C@H](O)CC[C@@]2(C)[C@@H]1C/C=C1/C(=O)OC[C@H]1O. The molecule has 200 valence electrons. The van der Waals surface area contributed by atoms with Gasteiger partial charge in [-0.25, -0.2) is 4.79 Å². The van der Waals surface area contributed by atoms with Gasteiger partial charge in [0.25, 0.3) is 0 Å². The van der Waals surface area contributed by atoms with Crippen LogP contribution in [0.4, 0.5) is 0 Å². The van der Waals surface area contributed by atoms with Crippen LogP contribution in [0.3, 0.4) is 0 Å². The average Bonchev–Trinajstić information content (AvgIpc) is 3.08. The second-order valence-corrected chi connectivity index (χ2v) is 18.4. The number of aliphatic hydroxyl groups excluding tert-OH is 2. The highest BCUT2D eigenvalue weighted by Gasteiger charge is 2.59. The van der Waals surface area contributed by atoms with Gasteiger partial charge in [-0.2, -0.15) is 0 Å². The molecule has 1 heterocycles. The molecule has 0 aromatic heterocycles. The van der Waals surface area contributed by atoms with Crippen LogP contribution in [0.15, 0.2) is 23.8 Å². The van der Waals surface area contributed by atoms with Gasteiger partial charge in [0, 0.05) is 12.0 Å². The van der Waals surface area contributed by atoms with E-state index in [-0.39, 0.29) is 23.4 Å². The van der Waals surface area contributed by atoms with Gasteiger partial charge in [0.15, 0.2) is 8.32 Å². The van der Waals surface area contributed by atoms with Crippen molar-refractivity contribution in [2.24, 2.45) is 22.7 Å². The molecule has 0 radical (unpaired) electrons. The number of hydrogen-bond donors (Lipinski definition) is 2. The molecule has 2 saturated carbocycles. The van der Waals surface area contributed by atoms with Gasteiger partial charge in [-0.3, -0.25) is 0 Å². The molecule has 3 fully saturated rings. The monoisotopic (exact) mass is 506 g/mol. The van der Waals surface area contributed by atoms with Gasteiger partial charge >= 0.3 is 5.97 Å². The van der Waals surface area contributed by atoms with Crippen molar-refractivity contribution in [3.8, 4) is 0 Å². The summed E-state index contributed by atoms with van der Waals surface area (Å²) in [5.74, 6) is 0.0880. The molecular formula is C29H50O5Si. The summed E-state index contributed by atoms with van der Waals surface area (Å²) in [7, 11) is -2.07. The molecule has 0 amide bonds. The van der Waals surface area contributed by atoms with E-state index in [2.05, 4.69) is 62.0 Å². The number of carbonyl (C=O) groups excluding carboxylic acids is 1. The Balaban J connectivity index is 1.91. The number of fused-ring (bicyclic) bond motifs is 1. The quantitative estimate of drug-likeness (QED) is 0.178. The molecule has 1 aliphatic heterocycles. The van der Waals surface area contributed by atoms with Crippen molar-refractivity contribution in [2.75, 3.05) is 13.2 Å². The fraction of sp³-hybridized carbons (Fsp3) is 0.828. The third kappa shape index (κ3) is 4.85. The minimum Gasteiger partial charge on any atom is -0.459 e. The maximum atomic E-state index is 12.1. The van der Waals surface area contributed by atoms with Crippen LogP contribution < -0.4 is 0 Å². The predicted octanol–water partition coefficient (Wildman–Crippen LogP) is 6.16. The molecule has 35 heavy (non-hydrogen) atoms. The van der Waals surface area contributed by atoms with Crippen LogP contribution in [0.2, 0.25) is 16.6 Å². The Kier molecular flexibility index (Phi) is 8.53. The van der Waals surface area contributed by atoms with Crippen LogP contribution >= 0.6 is 0 Å². The van der Waals surface area contributed by atoms with E-state index in [0.717, 1.165) is 25.7 Å². The third-order valence-corrected chi connectivity index (χ3v) is 16.3. The maximum absolute atomic E-state index is 12.1. The molecule has 5 nitrogen and oxygen atoms in total. The highest BCUT2D eigenvalue weighted by atomic mass is 28.4. The van der Waals surface area contributed by atoms with Crippen molar-refractivity contribution < 1.29 is 24.2 Å². The number of esters is 1. The van der Waals surface area contributed by atoms with Crippen molar-refractivity contribution in [3.05, 3.63) is 23.8 Å². The molecule has 6 heteroatoms. The largest absolute Gasteiger partial charge is 0.459 e. The molecule has 3 rings (SSSR count). The number of hydrogen-bond acceptors (Lipinski definition) is 5. The van der Waals surface area contributed by atoms with Gasteiger partial charge < -0.3 is 19.4 Å². The Morgan fingerprint density at radius 1 is 1.11 bits per heavy atom. The summed E-state index contributed by atoms with van der Waals surface area (Å²) < 4.78 is 12.1. The second kappa shape index (κ2) is 10.4. The number of cyclic esters (lactones) is 1. The van der Waals surface area contributed by atoms with Crippen molar-refractivity contribution >= 4 is 14.3 Å². The van der Waals surface area contributed by atoms with Crippen LogP contribution in [0.1, 0.15) is 87.5 Å². The second-order valence-electron chi connectivity index (χ2n) is 13.0. The fourth-order valence-electron chi connectivity index (χ4n) is 8.33. The lowest BCUT2D eigenvalue weighted by Gasteiger charge is -2.61. The molecule has 0 spiro atoms. The lowest BCUT2D eigenvalue weighted by atomic mass is 9.46. The zero-order valence-corrected chi connectivity index (χ0v) is 24.4. The first-order valence-electron chi connectivity index (χ1n) is 13.8. The van der Waals surface area contributed by atoms with Gasteiger partial charge in [-0.1, -0.05) is 73.6 Å². The average molecular weight is 507 g/mol. The summed E-state index contributed by atoms with van der Waals surface area (Å²) in [4.78, 5) is 12.1. The topological polar surface area (TPSA) is 76.0 Å². The number of carbonyl (C=O) groups is 1. The summed E-state index contributed by atoms with van der Waals surface area (Å²) in [5, 5.41) is 21.6. The molecule has 0 aromatic rings. The molecule has 3 aliphatic rings. The van der Waals surface area contributed by atoms with E-state index in [0.29, 0.717) is 41.1 Å². The lowest BCUT2D eigenvalue weighted by Crippen LogP contribution is -2.59. The molecular weight excluding hydrogens is 456 g/mol. The van der Waals surface area contributed by atoms with E-state index in [4.69, 9.17) is 9.16 Å². The molecule has 1 unspecified atom stereocenters. The van der Waals surface area contributed by atoms with Gasteiger partial charge in [0.1, 0.15) is 12.7 Å². The number of allylic oxidation sites excluding steroid dienone is 2. The van der Waals surface area contributed by atoms with E-state index in [9.17, 15) is 15.0 Å². The number of aliphatic hydroxyl groups is 2.